The molecule has 6 nitrogen and oxygen atoms in total. The van der Waals surface area contributed by atoms with Crippen LogP contribution in [0.3, 0.4) is 0 Å². The Hall–Kier alpha value is -3.79. The van der Waals surface area contributed by atoms with E-state index in [1.807, 2.05) is 0 Å². The van der Waals surface area contributed by atoms with Crippen LogP contribution in [0.2, 0.25) is 0 Å². The fraction of sp³-hybridized carbons (Fsp3) is 0.406. The fourth-order valence-corrected chi connectivity index (χ4v) is 5.50. The van der Waals surface area contributed by atoms with E-state index in [1.165, 1.54) is 19.2 Å². The maximum absolute atomic E-state index is 15.4. The second-order valence-electron chi connectivity index (χ2n) is 11.2. The number of esters is 1. The lowest BCUT2D eigenvalue weighted by Gasteiger charge is -2.21. The first-order valence-corrected chi connectivity index (χ1v) is 13.7. The van der Waals surface area contributed by atoms with E-state index in [0.717, 1.165) is 5.56 Å². The number of methoxy groups -OCH3 is 1. The summed E-state index contributed by atoms with van der Waals surface area (Å²) in [6, 6.07) is 11.9. The third-order valence-corrected chi connectivity index (χ3v) is 7.62. The van der Waals surface area contributed by atoms with E-state index in [2.05, 4.69) is 0 Å². The predicted octanol–water partition coefficient (Wildman–Crippen LogP) is 7.16. The number of hydrogen-bond donors (Lipinski definition) is 1. The van der Waals surface area contributed by atoms with Crippen LogP contribution in [0.4, 0.5) is 17.6 Å². The molecule has 1 N–H and O–H groups in total. The molecular weight excluding hydrogens is 556 g/mol. The van der Waals surface area contributed by atoms with Crippen LogP contribution in [0.1, 0.15) is 67.4 Å². The van der Waals surface area contributed by atoms with Crippen molar-refractivity contribution in [2.24, 2.45) is 0 Å². The van der Waals surface area contributed by atoms with E-state index >= 15 is 4.39 Å². The van der Waals surface area contributed by atoms with Gasteiger partial charge in [0.2, 0.25) is 0 Å². The van der Waals surface area contributed by atoms with Gasteiger partial charge in [-0.05, 0) is 67.6 Å². The quantitative estimate of drug-likeness (QED) is 0.211. The number of aliphatic hydroxyl groups is 1. The predicted molar refractivity (Wildman–Crippen MR) is 146 cm³/mol. The van der Waals surface area contributed by atoms with Crippen LogP contribution in [0.5, 0.6) is 17.2 Å². The van der Waals surface area contributed by atoms with E-state index in [4.69, 9.17) is 18.9 Å². The molecule has 0 radical (unpaired) electrons. The van der Waals surface area contributed by atoms with Crippen LogP contribution < -0.4 is 14.2 Å². The molecule has 1 heterocycles. The summed E-state index contributed by atoms with van der Waals surface area (Å²) in [7, 11) is 1.32. The van der Waals surface area contributed by atoms with E-state index < -0.39 is 29.3 Å². The minimum absolute atomic E-state index is 0.0732. The van der Waals surface area contributed by atoms with Crippen molar-refractivity contribution in [3.63, 3.8) is 0 Å². The molecule has 2 atom stereocenters. The van der Waals surface area contributed by atoms with E-state index in [9.17, 15) is 23.1 Å². The molecule has 0 aromatic heterocycles. The van der Waals surface area contributed by atoms with Crippen molar-refractivity contribution in [1.29, 1.82) is 0 Å². The lowest BCUT2D eigenvalue weighted by molar-refractivity contribution is -0.141. The second kappa shape index (κ2) is 11.5. The number of hydrogen-bond acceptors (Lipinski definition) is 6. The lowest BCUT2D eigenvalue weighted by Crippen LogP contribution is -2.21. The average molecular weight is 589 g/mol. The van der Waals surface area contributed by atoms with Gasteiger partial charge in [-0.3, -0.25) is 4.79 Å². The number of benzene rings is 3. The molecule has 42 heavy (non-hydrogen) atoms. The molecular formula is C32H32F4O6. The van der Waals surface area contributed by atoms with Crippen LogP contribution in [-0.4, -0.2) is 37.0 Å². The highest BCUT2D eigenvalue weighted by atomic mass is 19.4. The number of ether oxygens (including phenoxy) is 4. The number of fused-ring (bicyclic) bond motifs is 2. The van der Waals surface area contributed by atoms with E-state index in [-0.39, 0.29) is 53.6 Å². The summed E-state index contributed by atoms with van der Waals surface area (Å²) in [4.78, 5) is 11.7. The summed E-state index contributed by atoms with van der Waals surface area (Å²) in [6.07, 6.45) is -4.53. The molecule has 0 bridgehead atoms. The zero-order chi connectivity index (χ0) is 30.2. The van der Waals surface area contributed by atoms with Crippen LogP contribution in [0.25, 0.3) is 11.1 Å². The van der Waals surface area contributed by atoms with Gasteiger partial charge in [0, 0.05) is 29.5 Å². The van der Waals surface area contributed by atoms with Crippen LogP contribution in [-0.2, 0) is 22.1 Å². The van der Waals surface area contributed by atoms with Gasteiger partial charge in [0.1, 0.15) is 29.2 Å². The van der Waals surface area contributed by atoms with Crippen LogP contribution in [0, 0.1) is 5.82 Å². The summed E-state index contributed by atoms with van der Waals surface area (Å²) in [6.45, 7) is 3.86. The van der Waals surface area contributed by atoms with Crippen molar-refractivity contribution in [3.05, 3.63) is 76.6 Å². The van der Waals surface area contributed by atoms with Crippen molar-refractivity contribution in [1.82, 2.24) is 0 Å². The standard InChI is InChI=1S/C32H32F4O6/c1-31(2,38)12-13-40-20-6-4-18(5-7-20)29-23-10-11-26(30(23)25(33)16-24(29)32(34,35)36)42-21-8-9-22-19(14-28(37)39-3)17-41-27(22)15-21/h4-9,15-16,19,26,38H,10-14,17H2,1-3H3/t19?,26-/m1/s1. The van der Waals surface area contributed by atoms with Gasteiger partial charge in [0.15, 0.2) is 0 Å². The number of carbonyl (C=O) groups is 1. The zero-order valence-corrected chi connectivity index (χ0v) is 23.5. The van der Waals surface area contributed by atoms with Crippen molar-refractivity contribution in [3.8, 4) is 28.4 Å². The maximum Gasteiger partial charge on any atom is 0.417 e. The first kappa shape index (κ1) is 29.7. The molecule has 0 spiro atoms. The molecule has 10 heteroatoms. The summed E-state index contributed by atoms with van der Waals surface area (Å²) >= 11 is 0. The van der Waals surface area contributed by atoms with Crippen molar-refractivity contribution >= 4 is 5.97 Å². The molecule has 224 valence electrons. The van der Waals surface area contributed by atoms with Gasteiger partial charge in [0.25, 0.3) is 0 Å². The Morgan fingerprint density at radius 2 is 1.79 bits per heavy atom. The van der Waals surface area contributed by atoms with Gasteiger partial charge < -0.3 is 24.1 Å². The average Bonchev–Trinajstić information content (AvgIpc) is 3.52. The summed E-state index contributed by atoms with van der Waals surface area (Å²) in [5, 5.41) is 9.86. The molecule has 0 saturated carbocycles. The molecule has 1 aliphatic carbocycles. The van der Waals surface area contributed by atoms with Crippen molar-refractivity contribution in [2.75, 3.05) is 20.3 Å². The fourth-order valence-electron chi connectivity index (χ4n) is 5.50. The molecule has 0 fully saturated rings. The molecule has 0 amide bonds. The number of carbonyl (C=O) groups excluding carboxylic acids is 1. The normalized spacial score (nSPS) is 17.8. The summed E-state index contributed by atoms with van der Waals surface area (Å²) in [5.41, 5.74) is -0.540. The van der Waals surface area contributed by atoms with Gasteiger partial charge in [-0.15, -0.1) is 0 Å². The van der Waals surface area contributed by atoms with Crippen LogP contribution >= 0.6 is 0 Å². The zero-order valence-electron chi connectivity index (χ0n) is 23.5. The minimum atomic E-state index is -4.77. The molecule has 0 saturated heterocycles. The first-order chi connectivity index (χ1) is 19.8. The molecule has 3 aromatic carbocycles. The Kier molecular flexibility index (Phi) is 8.11. The third kappa shape index (κ3) is 6.33. The molecule has 2 aliphatic rings. The SMILES string of the molecule is COC(=O)CC1COc2cc(O[C@@H]3CCc4c(-c5ccc(OCCC(C)(C)O)cc5)c(C(F)(F)F)cc(F)c43)ccc21. The Balaban J connectivity index is 1.42. The lowest BCUT2D eigenvalue weighted by atomic mass is 9.91. The molecule has 3 aromatic rings. The highest BCUT2D eigenvalue weighted by molar-refractivity contribution is 5.75. The maximum atomic E-state index is 15.4. The first-order valence-electron chi connectivity index (χ1n) is 13.7. The Morgan fingerprint density at radius 1 is 1.07 bits per heavy atom. The van der Waals surface area contributed by atoms with Gasteiger partial charge in [-0.2, -0.15) is 13.2 Å². The summed E-state index contributed by atoms with van der Waals surface area (Å²) < 4.78 is 80.1. The monoisotopic (exact) mass is 588 g/mol. The Morgan fingerprint density at radius 3 is 2.45 bits per heavy atom. The molecule has 1 unspecified atom stereocenters. The van der Waals surface area contributed by atoms with Gasteiger partial charge >= 0.3 is 12.1 Å². The summed E-state index contributed by atoms with van der Waals surface area (Å²) in [5.74, 6) is -0.101. The number of halogens is 4. The Labute approximate surface area is 241 Å². The molecule has 1 aliphatic heterocycles. The largest absolute Gasteiger partial charge is 0.493 e. The third-order valence-electron chi connectivity index (χ3n) is 7.62. The number of alkyl halides is 3. The molecule has 5 rings (SSSR count). The highest BCUT2D eigenvalue weighted by Gasteiger charge is 2.40. The number of rotatable bonds is 9. The van der Waals surface area contributed by atoms with Gasteiger partial charge in [0.05, 0.1) is 37.9 Å². The second-order valence-corrected chi connectivity index (χ2v) is 11.2. The van der Waals surface area contributed by atoms with Crippen molar-refractivity contribution in [2.45, 2.75) is 63.3 Å². The topological polar surface area (TPSA) is 74.2 Å². The van der Waals surface area contributed by atoms with E-state index in [0.29, 0.717) is 42.8 Å². The Bertz CT molecular complexity index is 1460. The van der Waals surface area contributed by atoms with Crippen molar-refractivity contribution < 1.29 is 46.4 Å². The minimum Gasteiger partial charge on any atom is -0.493 e. The van der Waals surface area contributed by atoms with E-state index in [1.54, 1.807) is 44.2 Å². The van der Waals surface area contributed by atoms with Gasteiger partial charge in [-0.25, -0.2) is 4.39 Å². The smallest absolute Gasteiger partial charge is 0.417 e. The highest BCUT2D eigenvalue weighted by Crippen LogP contribution is 2.48. The van der Waals surface area contributed by atoms with Gasteiger partial charge in [-0.1, -0.05) is 18.2 Å². The van der Waals surface area contributed by atoms with Crippen LogP contribution in [0.15, 0.2) is 48.5 Å².